The summed E-state index contributed by atoms with van der Waals surface area (Å²) in [5.74, 6) is -0.212. The van der Waals surface area contributed by atoms with Gasteiger partial charge in [0, 0.05) is 19.8 Å². The number of likely N-dealkylation sites (N-methyl/N-ethyl adjacent to an activating group) is 1. The number of thiophene rings is 1. The SMILES string of the molecule is CN(C(=O)Cn1cnc2[nH]c(=O)n(C)c(=O)c21)c1ccc(-c2ccsc2)cc1. The fraction of sp³-hybridized carbons (Fsp3) is 0.158. The van der Waals surface area contributed by atoms with Crippen LogP contribution in [0.15, 0.2) is 57.0 Å². The van der Waals surface area contributed by atoms with Gasteiger partial charge in [-0.15, -0.1) is 0 Å². The molecular weight excluding hydrogens is 378 g/mol. The Labute approximate surface area is 163 Å². The molecule has 0 radical (unpaired) electrons. The highest BCUT2D eigenvalue weighted by Gasteiger charge is 2.16. The van der Waals surface area contributed by atoms with Crippen molar-refractivity contribution < 1.29 is 4.79 Å². The van der Waals surface area contributed by atoms with Crippen LogP contribution >= 0.6 is 11.3 Å². The van der Waals surface area contributed by atoms with E-state index in [1.807, 2.05) is 35.7 Å². The summed E-state index contributed by atoms with van der Waals surface area (Å²) in [5, 5.41) is 4.09. The van der Waals surface area contributed by atoms with E-state index in [9.17, 15) is 14.4 Å². The van der Waals surface area contributed by atoms with Crippen LogP contribution in [0.1, 0.15) is 0 Å². The van der Waals surface area contributed by atoms with Crippen LogP contribution in [-0.4, -0.2) is 32.1 Å². The third kappa shape index (κ3) is 3.05. The first-order chi connectivity index (χ1) is 13.5. The number of anilines is 1. The van der Waals surface area contributed by atoms with E-state index in [2.05, 4.69) is 15.3 Å². The third-order valence-corrected chi connectivity index (χ3v) is 5.35. The normalized spacial score (nSPS) is 11.1. The van der Waals surface area contributed by atoms with Gasteiger partial charge >= 0.3 is 5.69 Å². The maximum atomic E-state index is 12.7. The largest absolute Gasteiger partial charge is 0.329 e. The molecule has 3 heterocycles. The number of aromatic amines is 1. The number of amides is 1. The lowest BCUT2D eigenvalue weighted by Gasteiger charge is -2.18. The number of carbonyl (C=O) groups excluding carboxylic acids is 1. The zero-order valence-corrected chi connectivity index (χ0v) is 16.1. The number of aromatic nitrogens is 4. The summed E-state index contributed by atoms with van der Waals surface area (Å²) in [6.45, 7) is -0.0689. The van der Waals surface area contributed by atoms with E-state index in [1.165, 1.54) is 22.8 Å². The van der Waals surface area contributed by atoms with E-state index in [-0.39, 0.29) is 23.6 Å². The van der Waals surface area contributed by atoms with Crippen LogP contribution < -0.4 is 16.1 Å². The third-order valence-electron chi connectivity index (χ3n) is 4.66. The average Bonchev–Trinajstić information content (AvgIpc) is 3.36. The van der Waals surface area contributed by atoms with Gasteiger partial charge in [-0.2, -0.15) is 11.3 Å². The number of fused-ring (bicyclic) bond motifs is 1. The molecule has 3 aromatic heterocycles. The van der Waals surface area contributed by atoms with E-state index in [0.29, 0.717) is 0 Å². The lowest BCUT2D eigenvalue weighted by Crippen LogP contribution is -2.34. The predicted octanol–water partition coefficient (Wildman–Crippen LogP) is 1.81. The molecule has 0 spiro atoms. The number of nitrogens with one attached hydrogen (secondary N) is 1. The summed E-state index contributed by atoms with van der Waals surface area (Å²) in [6.07, 6.45) is 1.38. The molecule has 142 valence electrons. The number of rotatable bonds is 4. The smallest absolute Gasteiger partial charge is 0.315 e. The molecule has 0 aliphatic carbocycles. The van der Waals surface area contributed by atoms with E-state index in [1.54, 1.807) is 18.4 Å². The molecule has 4 rings (SSSR count). The maximum Gasteiger partial charge on any atom is 0.329 e. The van der Waals surface area contributed by atoms with Gasteiger partial charge in [0.2, 0.25) is 5.91 Å². The van der Waals surface area contributed by atoms with Crippen molar-refractivity contribution in [3.05, 3.63) is 68.3 Å². The summed E-state index contributed by atoms with van der Waals surface area (Å²) in [4.78, 5) is 44.8. The van der Waals surface area contributed by atoms with Gasteiger partial charge in [-0.3, -0.25) is 19.1 Å². The number of hydrogen-bond acceptors (Lipinski definition) is 5. The van der Waals surface area contributed by atoms with Crippen LogP contribution in [0.25, 0.3) is 22.3 Å². The molecule has 0 bridgehead atoms. The maximum absolute atomic E-state index is 12.7. The van der Waals surface area contributed by atoms with E-state index < -0.39 is 11.2 Å². The molecule has 0 atom stereocenters. The van der Waals surface area contributed by atoms with Crippen molar-refractivity contribution in [1.82, 2.24) is 19.1 Å². The molecule has 0 aliphatic rings. The standard InChI is InChI=1S/C19H17N5O3S/c1-22(14-5-3-12(4-6-14)13-7-8-28-10-13)15(25)9-24-11-20-17-16(24)18(26)23(2)19(27)21-17/h3-8,10-11H,9H2,1-2H3,(H,21,27). The molecule has 4 aromatic rings. The Morgan fingerprint density at radius 1 is 1.18 bits per heavy atom. The molecule has 9 heteroatoms. The molecule has 0 unspecified atom stereocenters. The summed E-state index contributed by atoms with van der Waals surface area (Å²) in [7, 11) is 3.06. The zero-order valence-electron chi connectivity index (χ0n) is 15.2. The van der Waals surface area contributed by atoms with Crippen LogP contribution in [0.4, 0.5) is 5.69 Å². The van der Waals surface area contributed by atoms with E-state index in [4.69, 9.17) is 0 Å². The molecule has 28 heavy (non-hydrogen) atoms. The number of imidazole rings is 1. The lowest BCUT2D eigenvalue weighted by atomic mass is 10.1. The number of carbonyl (C=O) groups is 1. The average molecular weight is 395 g/mol. The second kappa shape index (κ2) is 6.93. The van der Waals surface area contributed by atoms with E-state index >= 15 is 0 Å². The number of hydrogen-bond donors (Lipinski definition) is 1. The molecular formula is C19H17N5O3S. The van der Waals surface area contributed by atoms with Gasteiger partial charge in [-0.05, 0) is 40.1 Å². The number of H-pyrrole nitrogens is 1. The molecule has 1 N–H and O–H groups in total. The van der Waals surface area contributed by atoms with Gasteiger partial charge < -0.3 is 9.47 Å². The van der Waals surface area contributed by atoms with Crippen molar-refractivity contribution in [2.75, 3.05) is 11.9 Å². The van der Waals surface area contributed by atoms with Crippen molar-refractivity contribution in [1.29, 1.82) is 0 Å². The van der Waals surface area contributed by atoms with Gasteiger partial charge in [0.25, 0.3) is 5.56 Å². The predicted molar refractivity (Wildman–Crippen MR) is 109 cm³/mol. The minimum absolute atomic E-state index is 0.0689. The zero-order chi connectivity index (χ0) is 19.8. The summed E-state index contributed by atoms with van der Waals surface area (Å²) in [6, 6.07) is 9.74. The second-order valence-electron chi connectivity index (χ2n) is 6.38. The van der Waals surface area contributed by atoms with Crippen molar-refractivity contribution in [3.8, 4) is 11.1 Å². The Morgan fingerprint density at radius 3 is 2.61 bits per heavy atom. The van der Waals surface area contributed by atoms with Crippen LogP contribution in [0.3, 0.4) is 0 Å². The molecule has 0 saturated carbocycles. The molecule has 1 aromatic carbocycles. The highest BCUT2D eigenvalue weighted by Crippen LogP contribution is 2.24. The Kier molecular flexibility index (Phi) is 4.44. The summed E-state index contributed by atoms with van der Waals surface area (Å²) >= 11 is 1.63. The topological polar surface area (TPSA) is 93.0 Å². The van der Waals surface area contributed by atoms with Crippen LogP contribution in [0.5, 0.6) is 0 Å². The minimum Gasteiger partial charge on any atom is -0.315 e. The second-order valence-corrected chi connectivity index (χ2v) is 7.16. The summed E-state index contributed by atoms with van der Waals surface area (Å²) in [5.41, 5.74) is 2.29. The lowest BCUT2D eigenvalue weighted by molar-refractivity contribution is -0.118. The summed E-state index contributed by atoms with van der Waals surface area (Å²) < 4.78 is 2.41. The van der Waals surface area contributed by atoms with Crippen LogP contribution in [0, 0.1) is 0 Å². The van der Waals surface area contributed by atoms with Gasteiger partial charge in [-0.1, -0.05) is 12.1 Å². The number of benzene rings is 1. The van der Waals surface area contributed by atoms with Gasteiger partial charge in [0.1, 0.15) is 6.54 Å². The first-order valence-electron chi connectivity index (χ1n) is 8.49. The molecule has 0 aliphatic heterocycles. The fourth-order valence-electron chi connectivity index (χ4n) is 2.96. The highest BCUT2D eigenvalue weighted by molar-refractivity contribution is 7.08. The number of nitrogens with zero attached hydrogens (tertiary/aromatic N) is 4. The Morgan fingerprint density at radius 2 is 1.93 bits per heavy atom. The Hall–Kier alpha value is -3.46. The van der Waals surface area contributed by atoms with Crippen LogP contribution in [-0.2, 0) is 18.4 Å². The van der Waals surface area contributed by atoms with Crippen molar-refractivity contribution >= 4 is 34.1 Å². The molecule has 0 saturated heterocycles. The highest BCUT2D eigenvalue weighted by atomic mass is 32.1. The van der Waals surface area contributed by atoms with Gasteiger partial charge in [0.05, 0.1) is 6.33 Å². The quantitative estimate of drug-likeness (QED) is 0.570. The van der Waals surface area contributed by atoms with Crippen molar-refractivity contribution in [2.24, 2.45) is 7.05 Å². The van der Waals surface area contributed by atoms with Gasteiger partial charge in [0.15, 0.2) is 11.2 Å². The van der Waals surface area contributed by atoms with Gasteiger partial charge in [-0.25, -0.2) is 9.78 Å². The first kappa shape index (κ1) is 17.9. The van der Waals surface area contributed by atoms with Crippen molar-refractivity contribution in [3.63, 3.8) is 0 Å². The molecule has 1 amide bonds. The Bertz CT molecular complexity index is 1270. The molecule has 0 fully saturated rings. The van der Waals surface area contributed by atoms with E-state index in [0.717, 1.165) is 21.4 Å². The minimum atomic E-state index is -0.545. The van der Waals surface area contributed by atoms with Crippen LogP contribution in [0.2, 0.25) is 0 Å². The monoisotopic (exact) mass is 395 g/mol. The first-order valence-corrected chi connectivity index (χ1v) is 9.43. The fourth-order valence-corrected chi connectivity index (χ4v) is 3.62. The molecule has 8 nitrogen and oxygen atoms in total. The Balaban J connectivity index is 1.58. The van der Waals surface area contributed by atoms with Crippen molar-refractivity contribution in [2.45, 2.75) is 6.54 Å².